The van der Waals surface area contributed by atoms with Crippen molar-refractivity contribution in [1.82, 2.24) is 0 Å². The zero-order chi connectivity index (χ0) is 49.1. The third kappa shape index (κ3) is 9.46. The number of nitrogen functional groups attached to an aromatic ring is 1. The van der Waals surface area contributed by atoms with Crippen LogP contribution in [0.1, 0.15) is 0 Å². The molecule has 12 aromatic carbocycles. The molecule has 4 nitrogen and oxygen atoms in total. The zero-order valence-electron chi connectivity index (χ0n) is 39.7. The minimum absolute atomic E-state index is 0.776. The number of benzene rings is 12. The molecule has 73 heavy (non-hydrogen) atoms. The summed E-state index contributed by atoms with van der Waals surface area (Å²) in [6.45, 7) is 0. The Kier molecular flexibility index (Phi) is 12.3. The largest absolute Gasteiger partial charge is 0.456 e. The van der Waals surface area contributed by atoms with Crippen LogP contribution in [0.25, 0.3) is 110 Å². The fourth-order valence-electron chi connectivity index (χ4n) is 9.72. The van der Waals surface area contributed by atoms with E-state index in [0.29, 0.717) is 0 Å². The summed E-state index contributed by atoms with van der Waals surface area (Å²) in [5.41, 5.74) is 21.9. The van der Waals surface area contributed by atoms with Crippen LogP contribution in [-0.2, 0) is 0 Å². The average molecular weight is 1000 g/mol. The molecule has 0 saturated carbocycles. The maximum Gasteiger partial charge on any atom is 0.136 e. The second-order valence-electron chi connectivity index (χ2n) is 18.1. The van der Waals surface area contributed by atoms with E-state index in [9.17, 15) is 0 Å². The van der Waals surface area contributed by atoms with Gasteiger partial charge in [0.25, 0.3) is 0 Å². The van der Waals surface area contributed by atoms with Gasteiger partial charge in [-0.2, -0.15) is 0 Å². The molecule has 2 aromatic heterocycles. The molecule has 0 unspecified atom stereocenters. The van der Waals surface area contributed by atoms with Crippen molar-refractivity contribution >= 4 is 98.4 Å². The van der Waals surface area contributed by atoms with Crippen LogP contribution >= 0.6 is 15.9 Å². The maximum absolute atomic E-state index is 6.07. The van der Waals surface area contributed by atoms with Crippen molar-refractivity contribution in [1.29, 1.82) is 0 Å². The van der Waals surface area contributed by atoms with Crippen LogP contribution in [0.15, 0.2) is 280 Å². The molecule has 0 atom stereocenters. The first kappa shape index (κ1) is 45.0. The fraction of sp³-hybridized carbons (Fsp3) is 0. The second-order valence-corrected chi connectivity index (χ2v) is 19.0. The molecular formula is C68H47BrN2O2. The molecule has 348 valence electrons. The number of fused-ring (bicyclic) bond motifs is 8. The molecule has 0 aliphatic heterocycles. The summed E-state index contributed by atoms with van der Waals surface area (Å²) in [6.07, 6.45) is 0. The van der Waals surface area contributed by atoms with Gasteiger partial charge in [0.05, 0.1) is 0 Å². The molecular weight excluding hydrogens is 957 g/mol. The molecule has 14 rings (SSSR count). The Labute approximate surface area is 431 Å². The quantitative estimate of drug-likeness (QED) is 0.163. The summed E-state index contributed by atoms with van der Waals surface area (Å²) in [7, 11) is 0. The molecule has 5 heteroatoms. The lowest BCUT2D eigenvalue weighted by molar-refractivity contribution is 0.668. The number of anilines is 3. The molecule has 2 heterocycles. The highest BCUT2D eigenvalue weighted by Crippen LogP contribution is 2.36. The third-order valence-electron chi connectivity index (χ3n) is 13.4. The summed E-state index contributed by atoms with van der Waals surface area (Å²) >= 11 is 3.47. The fourth-order valence-corrected chi connectivity index (χ4v) is 9.98. The van der Waals surface area contributed by atoms with E-state index >= 15 is 0 Å². The Morgan fingerprint density at radius 1 is 0.288 bits per heavy atom. The normalized spacial score (nSPS) is 11.1. The standard InChI is InChI=1S/C34H23NO.C18H13NO.C16H11Br/c1-2-8-29-24(6-1)7-5-10-30(29)25-14-19-28(20-15-25)35-27-17-12-23(13-18-27)26-16-21-32-31-9-3-4-11-33(31)36-34(32)22-26;19-14-8-5-12(6-9-14)13-7-10-16-15-3-1-2-4-17(15)20-18(16)11-13;17-14-10-8-13(9-11-14)16-7-3-5-12-4-1-2-6-15(12)16/h1-22,35H;1-11H,19H2;1-11H. The zero-order valence-corrected chi connectivity index (χ0v) is 41.3. The maximum atomic E-state index is 6.07. The summed E-state index contributed by atoms with van der Waals surface area (Å²) < 4.78 is 13.1. The molecule has 0 radical (unpaired) electrons. The number of hydrogen-bond acceptors (Lipinski definition) is 4. The lowest BCUT2D eigenvalue weighted by Gasteiger charge is -2.10. The molecule has 0 saturated heterocycles. The number of para-hydroxylation sites is 2. The third-order valence-corrected chi connectivity index (χ3v) is 14.0. The van der Waals surface area contributed by atoms with Crippen molar-refractivity contribution in [2.24, 2.45) is 0 Å². The van der Waals surface area contributed by atoms with E-state index in [0.717, 1.165) is 87.7 Å². The summed E-state index contributed by atoms with van der Waals surface area (Å²) in [5.74, 6) is 0. The van der Waals surface area contributed by atoms with Crippen LogP contribution in [0.5, 0.6) is 0 Å². The topological polar surface area (TPSA) is 64.3 Å². The summed E-state index contributed by atoms with van der Waals surface area (Å²) in [5, 5.41) is 13.3. The van der Waals surface area contributed by atoms with E-state index in [-0.39, 0.29) is 0 Å². The van der Waals surface area contributed by atoms with Crippen molar-refractivity contribution < 1.29 is 8.83 Å². The van der Waals surface area contributed by atoms with Gasteiger partial charge in [-0.3, -0.25) is 0 Å². The lowest BCUT2D eigenvalue weighted by atomic mass is 9.98. The number of halogens is 1. The van der Waals surface area contributed by atoms with Gasteiger partial charge >= 0.3 is 0 Å². The molecule has 0 amide bonds. The van der Waals surface area contributed by atoms with E-state index < -0.39 is 0 Å². The van der Waals surface area contributed by atoms with Crippen molar-refractivity contribution in [3.8, 4) is 44.5 Å². The molecule has 0 spiro atoms. The van der Waals surface area contributed by atoms with Crippen LogP contribution in [0.4, 0.5) is 17.1 Å². The van der Waals surface area contributed by atoms with Crippen LogP contribution < -0.4 is 11.1 Å². The molecule has 14 aromatic rings. The van der Waals surface area contributed by atoms with Gasteiger partial charge in [-0.05, 0) is 151 Å². The van der Waals surface area contributed by atoms with Gasteiger partial charge in [0, 0.05) is 43.1 Å². The second kappa shape index (κ2) is 19.9. The van der Waals surface area contributed by atoms with E-state index in [1.54, 1.807) is 0 Å². The Hall–Kier alpha value is -9.16. The van der Waals surface area contributed by atoms with E-state index in [1.807, 2.05) is 60.7 Å². The van der Waals surface area contributed by atoms with Crippen LogP contribution in [-0.4, -0.2) is 0 Å². The smallest absolute Gasteiger partial charge is 0.136 e. The number of nitrogens with two attached hydrogens (primary N) is 1. The Bertz CT molecular complexity index is 4220. The van der Waals surface area contributed by atoms with E-state index in [4.69, 9.17) is 14.6 Å². The highest BCUT2D eigenvalue weighted by Gasteiger charge is 2.11. The van der Waals surface area contributed by atoms with Gasteiger partial charge in [0.2, 0.25) is 0 Å². The Morgan fingerprint density at radius 2 is 0.644 bits per heavy atom. The van der Waals surface area contributed by atoms with Gasteiger partial charge in [-0.15, -0.1) is 0 Å². The SMILES string of the molecule is Brc1ccc(-c2cccc3ccccc23)cc1.Nc1ccc(-c2ccc3c(c2)oc2ccccc23)cc1.c1ccc2c(-c3ccc(Nc4ccc(-c5ccc6c(c5)oc5ccccc56)cc4)cc3)cccc2c1. The van der Waals surface area contributed by atoms with Gasteiger partial charge in [0.1, 0.15) is 22.3 Å². The van der Waals surface area contributed by atoms with Crippen molar-refractivity contribution in [2.45, 2.75) is 0 Å². The van der Waals surface area contributed by atoms with Crippen molar-refractivity contribution in [3.05, 3.63) is 271 Å². The number of hydrogen-bond donors (Lipinski definition) is 2. The predicted octanol–water partition coefficient (Wildman–Crippen LogP) is 19.9. The lowest BCUT2D eigenvalue weighted by Crippen LogP contribution is -1.90. The first-order valence-corrected chi connectivity index (χ1v) is 25.1. The minimum atomic E-state index is 0.776. The molecule has 0 fully saturated rings. The molecule has 0 bridgehead atoms. The van der Waals surface area contributed by atoms with Crippen LogP contribution in [0.2, 0.25) is 0 Å². The average Bonchev–Trinajstić information content (AvgIpc) is 4.02. The van der Waals surface area contributed by atoms with Crippen molar-refractivity contribution in [2.75, 3.05) is 11.1 Å². The predicted molar refractivity (Wildman–Crippen MR) is 312 cm³/mol. The van der Waals surface area contributed by atoms with Gasteiger partial charge in [0.15, 0.2) is 0 Å². The summed E-state index contributed by atoms with van der Waals surface area (Å²) in [6, 6.07) is 92.5. The Balaban J connectivity index is 0.000000123. The molecule has 0 aliphatic rings. The minimum Gasteiger partial charge on any atom is -0.456 e. The number of furan rings is 2. The van der Waals surface area contributed by atoms with Crippen LogP contribution in [0, 0.1) is 0 Å². The Morgan fingerprint density at radius 3 is 1.12 bits per heavy atom. The van der Waals surface area contributed by atoms with Gasteiger partial charge in [-0.25, -0.2) is 0 Å². The monoisotopic (exact) mass is 1000 g/mol. The highest BCUT2D eigenvalue weighted by atomic mass is 79.9. The summed E-state index contributed by atoms with van der Waals surface area (Å²) in [4.78, 5) is 0. The number of nitrogens with one attached hydrogen (secondary N) is 1. The van der Waals surface area contributed by atoms with E-state index in [1.165, 1.54) is 43.8 Å². The number of rotatable bonds is 6. The van der Waals surface area contributed by atoms with Gasteiger partial charge < -0.3 is 19.9 Å². The first-order valence-electron chi connectivity index (χ1n) is 24.4. The first-order chi connectivity index (χ1) is 36.0. The van der Waals surface area contributed by atoms with Crippen LogP contribution in [0.3, 0.4) is 0 Å². The van der Waals surface area contributed by atoms with Gasteiger partial charge in [-0.1, -0.05) is 198 Å². The van der Waals surface area contributed by atoms with E-state index in [2.05, 4.69) is 228 Å². The molecule has 3 N–H and O–H groups in total. The van der Waals surface area contributed by atoms with Crippen molar-refractivity contribution in [3.63, 3.8) is 0 Å². The molecule has 0 aliphatic carbocycles. The highest BCUT2D eigenvalue weighted by molar-refractivity contribution is 9.10.